The van der Waals surface area contributed by atoms with Crippen LogP contribution in [0.2, 0.25) is 0 Å². The minimum Gasteiger partial charge on any atom is -0.494 e. The molecule has 3 aromatic rings. The second-order valence-corrected chi connectivity index (χ2v) is 6.03. The van der Waals surface area contributed by atoms with Crippen LogP contribution in [0.3, 0.4) is 0 Å². The summed E-state index contributed by atoms with van der Waals surface area (Å²) < 4.78 is 17.3. The largest absolute Gasteiger partial charge is 0.494 e. The maximum atomic E-state index is 12.7. The van der Waals surface area contributed by atoms with Crippen molar-refractivity contribution >= 4 is 17.5 Å². The maximum Gasteiger partial charge on any atom is 0.325 e. The number of amides is 2. The Kier molecular flexibility index (Phi) is 5.02. The highest BCUT2D eigenvalue weighted by Crippen LogP contribution is 2.34. The van der Waals surface area contributed by atoms with E-state index in [1.54, 1.807) is 42.5 Å². The number of carbonyl (C=O) groups excluding carboxylic acids is 1. The molecule has 0 saturated carbocycles. The second kappa shape index (κ2) is 7.93. The molecule has 0 spiro atoms. The lowest BCUT2D eigenvalue weighted by molar-refractivity contribution is 0.174. The lowest BCUT2D eigenvalue weighted by atomic mass is 10.3. The van der Waals surface area contributed by atoms with Crippen LogP contribution in [0.4, 0.5) is 16.3 Å². The Hall–Kier alpha value is -4.01. The highest BCUT2D eigenvalue weighted by Gasteiger charge is 2.15. The molecule has 29 heavy (non-hydrogen) atoms. The predicted octanol–water partition coefficient (Wildman–Crippen LogP) is 3.00. The summed E-state index contributed by atoms with van der Waals surface area (Å²) in [4.78, 5) is 29.0. The molecule has 0 fully saturated rings. The molecule has 1 aromatic heterocycles. The molecular formula is C20H18N4O5. The summed E-state index contributed by atoms with van der Waals surface area (Å²) in [5, 5.41) is 5.11. The molecule has 0 bridgehead atoms. The van der Waals surface area contributed by atoms with Crippen molar-refractivity contribution < 1.29 is 19.0 Å². The Morgan fingerprint density at radius 3 is 2.72 bits per heavy atom. The zero-order valence-corrected chi connectivity index (χ0v) is 15.5. The van der Waals surface area contributed by atoms with Crippen molar-refractivity contribution in [2.75, 3.05) is 24.0 Å². The smallest absolute Gasteiger partial charge is 0.325 e. The number of aromatic nitrogens is 2. The number of nitrogens with one attached hydrogen (secondary N) is 2. The van der Waals surface area contributed by atoms with E-state index in [4.69, 9.17) is 14.2 Å². The number of benzene rings is 2. The molecule has 0 atom stereocenters. The first kappa shape index (κ1) is 18.4. The van der Waals surface area contributed by atoms with Gasteiger partial charge >= 0.3 is 6.03 Å². The minimum absolute atomic E-state index is 0.0976. The summed E-state index contributed by atoms with van der Waals surface area (Å²) in [5.41, 5.74) is 0.659. The molecule has 1 aliphatic heterocycles. The molecule has 2 heterocycles. The predicted molar refractivity (Wildman–Crippen MR) is 106 cm³/mol. The zero-order chi connectivity index (χ0) is 20.2. The van der Waals surface area contributed by atoms with Crippen LogP contribution in [0.5, 0.6) is 17.2 Å². The van der Waals surface area contributed by atoms with Gasteiger partial charge in [0, 0.05) is 29.8 Å². The van der Waals surface area contributed by atoms with E-state index >= 15 is 0 Å². The molecule has 148 valence electrons. The molecule has 0 unspecified atom stereocenters. The van der Waals surface area contributed by atoms with E-state index in [1.165, 1.54) is 17.0 Å². The molecule has 0 aliphatic carbocycles. The number of nitrogens with zero attached hydrogens (tertiary/aromatic N) is 2. The average Bonchev–Trinajstić information content (AvgIpc) is 3.18. The number of anilines is 2. The van der Waals surface area contributed by atoms with Crippen molar-refractivity contribution in [3.8, 4) is 22.9 Å². The van der Waals surface area contributed by atoms with Crippen molar-refractivity contribution in [1.82, 2.24) is 9.55 Å². The Morgan fingerprint density at radius 2 is 1.93 bits per heavy atom. The third-order valence-electron chi connectivity index (χ3n) is 4.13. The van der Waals surface area contributed by atoms with E-state index in [9.17, 15) is 9.59 Å². The van der Waals surface area contributed by atoms with E-state index in [0.717, 1.165) is 0 Å². The van der Waals surface area contributed by atoms with E-state index in [-0.39, 0.29) is 12.6 Å². The van der Waals surface area contributed by atoms with Crippen molar-refractivity contribution in [3.05, 3.63) is 65.2 Å². The molecule has 9 nitrogen and oxygen atoms in total. The normalized spacial score (nSPS) is 11.8. The molecule has 0 saturated heterocycles. The van der Waals surface area contributed by atoms with Gasteiger partial charge in [0.25, 0.3) is 5.56 Å². The van der Waals surface area contributed by atoms with Crippen LogP contribution in [0, 0.1) is 0 Å². The lowest BCUT2D eigenvalue weighted by Crippen LogP contribution is -2.28. The molecule has 2 N–H and O–H groups in total. The summed E-state index contributed by atoms with van der Waals surface area (Å²) in [6, 6.07) is 11.4. The molecule has 4 rings (SSSR count). The monoisotopic (exact) mass is 394 g/mol. The number of urea groups is 1. The number of carbonyl (C=O) groups is 1. The maximum absolute atomic E-state index is 12.7. The van der Waals surface area contributed by atoms with Crippen molar-refractivity contribution in [3.63, 3.8) is 0 Å². The van der Waals surface area contributed by atoms with Crippen LogP contribution in [0.15, 0.2) is 59.7 Å². The van der Waals surface area contributed by atoms with Gasteiger partial charge in [-0.2, -0.15) is 0 Å². The number of hydrogen-bond donors (Lipinski definition) is 2. The standard InChI is InChI=1S/C20H18N4O5/c1-2-27-15-6-4-14(5-7-15)24-10-9-21-18(19(24)25)23-20(26)22-13-3-8-16-17(11-13)29-12-28-16/h3-11H,2,12H2,1H3,(H2,21,22,23,26). The Bertz CT molecular complexity index is 1090. The third kappa shape index (κ3) is 3.98. The minimum atomic E-state index is -0.599. The van der Waals surface area contributed by atoms with Crippen LogP contribution in [-0.4, -0.2) is 29.0 Å². The average molecular weight is 394 g/mol. The van der Waals surface area contributed by atoms with Gasteiger partial charge in [-0.1, -0.05) is 0 Å². The molecule has 9 heteroatoms. The van der Waals surface area contributed by atoms with Gasteiger partial charge in [0.15, 0.2) is 11.5 Å². The van der Waals surface area contributed by atoms with Gasteiger partial charge in [0.05, 0.1) is 6.61 Å². The topological polar surface area (TPSA) is 104 Å². The van der Waals surface area contributed by atoms with Crippen LogP contribution in [0.25, 0.3) is 5.69 Å². The van der Waals surface area contributed by atoms with E-state index in [0.29, 0.717) is 35.2 Å². The number of fused-ring (bicyclic) bond motifs is 1. The zero-order valence-electron chi connectivity index (χ0n) is 15.5. The van der Waals surface area contributed by atoms with Gasteiger partial charge in [-0.3, -0.25) is 14.7 Å². The Balaban J connectivity index is 1.49. The van der Waals surface area contributed by atoms with Crippen molar-refractivity contribution in [2.24, 2.45) is 0 Å². The van der Waals surface area contributed by atoms with Crippen LogP contribution < -0.4 is 30.4 Å². The van der Waals surface area contributed by atoms with Gasteiger partial charge < -0.3 is 19.5 Å². The molecule has 2 amide bonds. The third-order valence-corrected chi connectivity index (χ3v) is 4.13. The molecule has 1 aliphatic rings. The lowest BCUT2D eigenvalue weighted by Gasteiger charge is -2.10. The van der Waals surface area contributed by atoms with Crippen LogP contribution >= 0.6 is 0 Å². The van der Waals surface area contributed by atoms with Crippen molar-refractivity contribution in [2.45, 2.75) is 6.92 Å². The van der Waals surface area contributed by atoms with Crippen LogP contribution in [-0.2, 0) is 0 Å². The fourth-order valence-corrected chi connectivity index (χ4v) is 2.81. The van der Waals surface area contributed by atoms with Crippen molar-refractivity contribution in [1.29, 1.82) is 0 Å². The Morgan fingerprint density at radius 1 is 1.14 bits per heavy atom. The van der Waals surface area contributed by atoms with Gasteiger partial charge in [-0.15, -0.1) is 0 Å². The highest BCUT2D eigenvalue weighted by molar-refractivity contribution is 5.99. The number of ether oxygens (including phenoxy) is 3. The fraction of sp³-hybridized carbons (Fsp3) is 0.150. The summed E-state index contributed by atoms with van der Waals surface area (Å²) in [6.45, 7) is 2.60. The van der Waals surface area contributed by atoms with Gasteiger partial charge in [0.1, 0.15) is 5.75 Å². The summed E-state index contributed by atoms with van der Waals surface area (Å²) in [6.07, 6.45) is 2.97. The molecule has 2 aromatic carbocycles. The highest BCUT2D eigenvalue weighted by atomic mass is 16.7. The van der Waals surface area contributed by atoms with Gasteiger partial charge in [0.2, 0.25) is 12.6 Å². The van der Waals surface area contributed by atoms with E-state index < -0.39 is 11.6 Å². The summed E-state index contributed by atoms with van der Waals surface area (Å²) >= 11 is 0. The number of hydrogen-bond acceptors (Lipinski definition) is 6. The summed E-state index contributed by atoms with van der Waals surface area (Å²) in [5.74, 6) is 1.76. The fourth-order valence-electron chi connectivity index (χ4n) is 2.81. The van der Waals surface area contributed by atoms with Gasteiger partial charge in [-0.05, 0) is 43.3 Å². The van der Waals surface area contributed by atoms with E-state index in [1.807, 2.05) is 6.92 Å². The molecular weight excluding hydrogens is 376 g/mol. The van der Waals surface area contributed by atoms with Crippen LogP contribution in [0.1, 0.15) is 6.92 Å². The first-order chi connectivity index (χ1) is 14.1. The second-order valence-electron chi connectivity index (χ2n) is 6.03. The summed E-state index contributed by atoms with van der Waals surface area (Å²) in [7, 11) is 0. The molecule has 0 radical (unpaired) electrons. The first-order valence-corrected chi connectivity index (χ1v) is 8.92. The Labute approximate surface area is 165 Å². The van der Waals surface area contributed by atoms with E-state index in [2.05, 4.69) is 15.6 Å². The first-order valence-electron chi connectivity index (χ1n) is 8.92. The SMILES string of the molecule is CCOc1ccc(-n2ccnc(NC(=O)Nc3ccc4c(c3)OCO4)c2=O)cc1. The van der Waals surface area contributed by atoms with Gasteiger partial charge in [-0.25, -0.2) is 9.78 Å². The number of rotatable bonds is 5. The quantitative estimate of drug-likeness (QED) is 0.690.